The minimum Gasteiger partial charge on any atom is -0.239 e. The van der Waals surface area contributed by atoms with Crippen molar-refractivity contribution in [2.45, 2.75) is 10.3 Å². The first-order valence-electron chi connectivity index (χ1n) is 7.12. The Morgan fingerprint density at radius 1 is 1.12 bits per heavy atom. The van der Waals surface area contributed by atoms with Crippen LogP contribution in [0, 0.1) is 0 Å². The first kappa shape index (κ1) is 18.8. The van der Waals surface area contributed by atoms with Gasteiger partial charge in [0.2, 0.25) is 10.0 Å². The molecule has 26 heavy (non-hydrogen) atoms. The Morgan fingerprint density at radius 3 is 2.27 bits per heavy atom. The van der Waals surface area contributed by atoms with Crippen molar-refractivity contribution in [1.82, 2.24) is 9.78 Å². The molecule has 0 spiro atoms. The molecule has 0 aliphatic rings. The Labute approximate surface area is 158 Å². The molecule has 2 N–H and O–H groups in total. The molecule has 0 radical (unpaired) electrons. The fraction of sp³-hybridized carbons (Fsp3) is 0.0625. The summed E-state index contributed by atoms with van der Waals surface area (Å²) in [6, 6.07) is 9.91. The van der Waals surface area contributed by atoms with Crippen molar-refractivity contribution < 1.29 is 17.2 Å². The average Bonchev–Trinajstić information content (AvgIpc) is 3.06. The first-order valence-corrected chi connectivity index (χ1v) is 9.42. The molecular formula is C16H11Cl2F2N3O2S. The van der Waals surface area contributed by atoms with Crippen molar-refractivity contribution in [2.24, 2.45) is 5.14 Å². The second kappa shape index (κ2) is 6.62. The molecule has 1 heterocycles. The third-order valence-corrected chi connectivity index (χ3v) is 5.00. The number of sulfonamides is 1. The van der Waals surface area contributed by atoms with E-state index in [-0.39, 0.29) is 5.56 Å². The van der Waals surface area contributed by atoms with E-state index in [1.54, 1.807) is 0 Å². The van der Waals surface area contributed by atoms with Gasteiger partial charge in [-0.3, -0.25) is 0 Å². The zero-order valence-corrected chi connectivity index (χ0v) is 15.2. The maximum Gasteiger partial charge on any atom is 0.350 e. The summed E-state index contributed by atoms with van der Waals surface area (Å²) in [6.07, 6.45) is 2.64. The largest absolute Gasteiger partial charge is 0.350 e. The van der Waals surface area contributed by atoms with Crippen LogP contribution in [0.2, 0.25) is 5.02 Å². The molecule has 0 aliphatic heterocycles. The van der Waals surface area contributed by atoms with Gasteiger partial charge in [0, 0.05) is 17.4 Å². The standard InChI is InChI=1S/C16H11Cl2F2N3O2S/c17-11-4-2-10(3-5-11)12-6-7-13(26(21,24)25)15(14(12)16(18,19)20)23-9-1-8-22-23/h1-9H,(H2,21,24,25). The van der Waals surface area contributed by atoms with E-state index < -0.39 is 31.6 Å². The number of nitrogens with two attached hydrogens (primary N) is 1. The van der Waals surface area contributed by atoms with Crippen LogP contribution in [-0.2, 0) is 15.4 Å². The van der Waals surface area contributed by atoms with Crippen LogP contribution in [0.1, 0.15) is 5.56 Å². The fourth-order valence-electron chi connectivity index (χ4n) is 2.59. The van der Waals surface area contributed by atoms with Gasteiger partial charge in [0.1, 0.15) is 4.90 Å². The van der Waals surface area contributed by atoms with E-state index in [2.05, 4.69) is 5.10 Å². The molecule has 0 aliphatic carbocycles. The predicted molar refractivity (Wildman–Crippen MR) is 95.1 cm³/mol. The van der Waals surface area contributed by atoms with Crippen LogP contribution in [0.3, 0.4) is 0 Å². The lowest BCUT2D eigenvalue weighted by molar-refractivity contribution is 0.0953. The maximum absolute atomic E-state index is 14.4. The van der Waals surface area contributed by atoms with Crippen molar-refractivity contribution in [3.05, 3.63) is 65.4 Å². The highest BCUT2D eigenvalue weighted by Crippen LogP contribution is 2.44. The Morgan fingerprint density at radius 2 is 1.77 bits per heavy atom. The Kier molecular flexibility index (Phi) is 4.78. The van der Waals surface area contributed by atoms with Gasteiger partial charge in [0.15, 0.2) is 0 Å². The van der Waals surface area contributed by atoms with Crippen LogP contribution in [0.4, 0.5) is 8.78 Å². The number of benzene rings is 2. The normalized spacial score (nSPS) is 12.3. The molecule has 0 bridgehead atoms. The number of halogens is 4. The second-order valence-corrected chi connectivity index (χ2v) is 7.78. The van der Waals surface area contributed by atoms with E-state index in [1.807, 2.05) is 0 Å². The molecule has 3 rings (SSSR count). The van der Waals surface area contributed by atoms with Crippen LogP contribution in [0.25, 0.3) is 16.8 Å². The first-order chi connectivity index (χ1) is 12.1. The topological polar surface area (TPSA) is 78.0 Å². The summed E-state index contributed by atoms with van der Waals surface area (Å²) in [4.78, 5) is -0.519. The quantitative estimate of drug-likeness (QED) is 0.648. The number of nitrogens with zero attached hydrogens (tertiary/aromatic N) is 2. The Hall–Kier alpha value is -2.00. The maximum atomic E-state index is 14.4. The van der Waals surface area contributed by atoms with E-state index in [0.717, 1.165) is 10.7 Å². The van der Waals surface area contributed by atoms with Gasteiger partial charge < -0.3 is 0 Å². The second-order valence-electron chi connectivity index (χ2n) is 5.34. The summed E-state index contributed by atoms with van der Waals surface area (Å²) in [5.41, 5.74) is -0.736. The lowest BCUT2D eigenvalue weighted by Crippen LogP contribution is -2.20. The molecule has 0 saturated heterocycles. The van der Waals surface area contributed by atoms with Crippen molar-refractivity contribution in [3.63, 3.8) is 0 Å². The Balaban J connectivity index is 2.45. The van der Waals surface area contributed by atoms with Gasteiger partial charge in [-0.1, -0.05) is 29.8 Å². The molecule has 0 fully saturated rings. The molecule has 10 heteroatoms. The number of primary sulfonamides is 1. The van der Waals surface area contributed by atoms with E-state index in [1.165, 1.54) is 48.8 Å². The summed E-state index contributed by atoms with van der Waals surface area (Å²) in [7, 11) is -4.32. The molecule has 1 aromatic heterocycles. The SMILES string of the molecule is NS(=O)(=O)c1ccc(-c2ccc(Cl)cc2)c(C(F)(F)Cl)c1-n1cccn1. The predicted octanol–water partition coefficient (Wildman–Crippen LogP) is 4.13. The monoisotopic (exact) mass is 417 g/mol. The van der Waals surface area contributed by atoms with Crippen molar-refractivity contribution in [3.8, 4) is 16.8 Å². The zero-order chi connectivity index (χ0) is 19.1. The van der Waals surface area contributed by atoms with Crippen LogP contribution in [0.5, 0.6) is 0 Å². The third-order valence-electron chi connectivity index (χ3n) is 3.62. The molecule has 0 amide bonds. The van der Waals surface area contributed by atoms with Crippen molar-refractivity contribution in [2.75, 3.05) is 0 Å². The third kappa shape index (κ3) is 3.59. The fourth-order valence-corrected chi connectivity index (χ4v) is 3.63. The molecule has 136 valence electrons. The van der Waals surface area contributed by atoms with E-state index in [4.69, 9.17) is 28.3 Å². The minimum absolute atomic E-state index is 0.0274. The van der Waals surface area contributed by atoms with Crippen LogP contribution in [-0.4, -0.2) is 18.2 Å². The van der Waals surface area contributed by atoms with Gasteiger partial charge in [0.05, 0.1) is 11.3 Å². The number of aromatic nitrogens is 2. The van der Waals surface area contributed by atoms with Crippen molar-refractivity contribution in [1.29, 1.82) is 0 Å². The van der Waals surface area contributed by atoms with E-state index >= 15 is 0 Å². The highest BCUT2D eigenvalue weighted by molar-refractivity contribution is 7.89. The number of hydrogen-bond acceptors (Lipinski definition) is 3. The lowest BCUT2D eigenvalue weighted by Gasteiger charge is -2.21. The van der Waals surface area contributed by atoms with Crippen LogP contribution >= 0.6 is 23.2 Å². The molecule has 0 atom stereocenters. The minimum atomic E-state index is -4.32. The summed E-state index contributed by atoms with van der Waals surface area (Å²) < 4.78 is 53.6. The summed E-state index contributed by atoms with van der Waals surface area (Å²) >= 11 is 11.2. The smallest absolute Gasteiger partial charge is 0.239 e. The molecule has 0 unspecified atom stereocenters. The van der Waals surface area contributed by atoms with Gasteiger partial charge in [-0.05, 0) is 47.0 Å². The number of alkyl halides is 3. The van der Waals surface area contributed by atoms with Gasteiger partial charge in [-0.2, -0.15) is 13.9 Å². The zero-order valence-electron chi connectivity index (χ0n) is 12.9. The number of rotatable bonds is 4. The van der Waals surface area contributed by atoms with Gasteiger partial charge in [-0.25, -0.2) is 18.2 Å². The molecule has 5 nitrogen and oxygen atoms in total. The highest BCUT2D eigenvalue weighted by atomic mass is 35.5. The molecule has 3 aromatic rings. The van der Waals surface area contributed by atoms with Gasteiger partial charge in [-0.15, -0.1) is 0 Å². The molecule has 0 saturated carbocycles. The highest BCUT2D eigenvalue weighted by Gasteiger charge is 2.38. The lowest BCUT2D eigenvalue weighted by atomic mass is 9.98. The van der Waals surface area contributed by atoms with Gasteiger partial charge in [0.25, 0.3) is 0 Å². The summed E-state index contributed by atoms with van der Waals surface area (Å²) in [5.74, 6) is 0. The molecular weight excluding hydrogens is 407 g/mol. The number of hydrogen-bond donors (Lipinski definition) is 1. The Bertz CT molecular complexity index is 1050. The molecule has 2 aromatic carbocycles. The van der Waals surface area contributed by atoms with Gasteiger partial charge >= 0.3 is 5.38 Å². The van der Waals surface area contributed by atoms with E-state index in [9.17, 15) is 17.2 Å². The van der Waals surface area contributed by atoms with E-state index in [0.29, 0.717) is 10.6 Å². The summed E-state index contributed by atoms with van der Waals surface area (Å²) in [5, 5.41) is 5.60. The van der Waals surface area contributed by atoms with Crippen LogP contribution < -0.4 is 5.14 Å². The summed E-state index contributed by atoms with van der Waals surface area (Å²) in [6.45, 7) is 0. The van der Waals surface area contributed by atoms with Crippen molar-refractivity contribution >= 4 is 33.2 Å². The average molecular weight is 418 g/mol. The van der Waals surface area contributed by atoms with Crippen LogP contribution in [0.15, 0.2) is 59.8 Å².